The minimum absolute atomic E-state index is 0.263. The highest BCUT2D eigenvalue weighted by Gasteiger charge is 2.19. The number of rotatable bonds is 9. The molecule has 0 radical (unpaired) electrons. The number of likely N-dealkylation sites (tertiary alicyclic amines) is 1. The van der Waals surface area contributed by atoms with Crippen molar-refractivity contribution in [3.63, 3.8) is 0 Å². The first-order chi connectivity index (χ1) is 14.6. The first kappa shape index (κ1) is 22.2. The Morgan fingerprint density at radius 2 is 1.93 bits per heavy atom. The van der Waals surface area contributed by atoms with Gasteiger partial charge in [0.15, 0.2) is 5.96 Å². The molecule has 160 valence electrons. The molecule has 1 aliphatic rings. The smallest absolute Gasteiger partial charge is 0.222 e. The molecule has 2 aromatic carbocycles. The van der Waals surface area contributed by atoms with Crippen molar-refractivity contribution in [1.82, 2.24) is 15.5 Å². The summed E-state index contributed by atoms with van der Waals surface area (Å²) in [6.07, 6.45) is 1.66. The van der Waals surface area contributed by atoms with Crippen LogP contribution in [0.3, 0.4) is 0 Å². The van der Waals surface area contributed by atoms with Crippen LogP contribution in [0.25, 0.3) is 0 Å². The first-order valence-corrected chi connectivity index (χ1v) is 11.6. The van der Waals surface area contributed by atoms with Crippen molar-refractivity contribution in [3.8, 4) is 0 Å². The molecule has 1 saturated heterocycles. The number of hydrogen-bond donors (Lipinski definition) is 2. The van der Waals surface area contributed by atoms with E-state index in [2.05, 4.69) is 73.0 Å². The summed E-state index contributed by atoms with van der Waals surface area (Å²) in [5.41, 5.74) is 2.33. The Labute approximate surface area is 184 Å². The van der Waals surface area contributed by atoms with Crippen LogP contribution in [0.4, 0.5) is 0 Å². The van der Waals surface area contributed by atoms with E-state index < -0.39 is 0 Å². The second-order valence-electron chi connectivity index (χ2n) is 7.56. The van der Waals surface area contributed by atoms with Crippen molar-refractivity contribution in [2.45, 2.75) is 49.9 Å². The molecule has 1 amide bonds. The lowest BCUT2D eigenvalue weighted by Crippen LogP contribution is -2.40. The predicted octanol–water partition coefficient (Wildman–Crippen LogP) is 4.04. The van der Waals surface area contributed by atoms with Crippen molar-refractivity contribution >= 4 is 23.6 Å². The summed E-state index contributed by atoms with van der Waals surface area (Å²) in [6.45, 7) is 8.13. The van der Waals surface area contributed by atoms with Gasteiger partial charge in [0, 0.05) is 42.7 Å². The Hall–Kier alpha value is -2.47. The molecule has 0 bridgehead atoms. The second kappa shape index (κ2) is 11.6. The Morgan fingerprint density at radius 3 is 2.67 bits per heavy atom. The zero-order valence-corrected chi connectivity index (χ0v) is 18.8. The Balaban J connectivity index is 1.53. The number of amides is 1. The van der Waals surface area contributed by atoms with Gasteiger partial charge in [-0.05, 0) is 36.6 Å². The number of carbonyl (C=O) groups is 1. The highest BCUT2D eigenvalue weighted by atomic mass is 32.2. The van der Waals surface area contributed by atoms with E-state index in [4.69, 9.17) is 4.99 Å². The molecule has 0 aromatic heterocycles. The molecule has 1 heterocycles. The quantitative estimate of drug-likeness (QED) is 0.362. The van der Waals surface area contributed by atoms with Crippen LogP contribution in [-0.2, 0) is 17.9 Å². The Bertz CT molecular complexity index is 840. The third-order valence-electron chi connectivity index (χ3n) is 4.94. The fourth-order valence-corrected chi connectivity index (χ4v) is 4.39. The molecule has 2 N–H and O–H groups in total. The fourth-order valence-electron chi connectivity index (χ4n) is 3.44. The maximum absolute atomic E-state index is 11.9. The van der Waals surface area contributed by atoms with Gasteiger partial charge in [-0.25, -0.2) is 4.99 Å². The van der Waals surface area contributed by atoms with Crippen LogP contribution >= 0.6 is 11.8 Å². The number of guanidine groups is 1. The zero-order valence-electron chi connectivity index (χ0n) is 17.9. The van der Waals surface area contributed by atoms with E-state index in [1.165, 1.54) is 10.5 Å². The van der Waals surface area contributed by atoms with E-state index in [0.717, 1.165) is 37.6 Å². The van der Waals surface area contributed by atoms with Crippen LogP contribution in [0.1, 0.15) is 37.8 Å². The maximum atomic E-state index is 11.9. The molecular formula is C24H32N4OS. The van der Waals surface area contributed by atoms with Crippen molar-refractivity contribution < 1.29 is 4.79 Å². The van der Waals surface area contributed by atoms with Crippen molar-refractivity contribution in [2.24, 2.45) is 4.99 Å². The number of aliphatic imine (C=N–C) groups is 1. The van der Waals surface area contributed by atoms with Crippen LogP contribution in [-0.4, -0.2) is 41.7 Å². The average Bonchev–Trinajstić information content (AvgIpc) is 3.15. The summed E-state index contributed by atoms with van der Waals surface area (Å²) in [7, 11) is 0. The molecule has 0 spiro atoms. The van der Waals surface area contributed by atoms with Gasteiger partial charge in [0.1, 0.15) is 0 Å². The summed E-state index contributed by atoms with van der Waals surface area (Å²) in [5.74, 6) is 1.10. The zero-order chi connectivity index (χ0) is 21.2. The molecule has 2 aromatic rings. The van der Waals surface area contributed by atoms with E-state index in [1.807, 2.05) is 22.7 Å². The normalized spacial score (nSPS) is 15.3. The first-order valence-electron chi connectivity index (χ1n) is 10.7. The molecule has 6 heteroatoms. The monoisotopic (exact) mass is 424 g/mol. The van der Waals surface area contributed by atoms with Gasteiger partial charge in [-0.1, -0.05) is 49.4 Å². The van der Waals surface area contributed by atoms with E-state index in [0.29, 0.717) is 24.8 Å². The van der Waals surface area contributed by atoms with Crippen LogP contribution in [0, 0.1) is 0 Å². The molecule has 0 aliphatic carbocycles. The third-order valence-corrected chi connectivity index (χ3v) is 6.05. The summed E-state index contributed by atoms with van der Waals surface area (Å²) < 4.78 is 0. The summed E-state index contributed by atoms with van der Waals surface area (Å²) in [5, 5.41) is 7.21. The van der Waals surface area contributed by atoms with Gasteiger partial charge in [0.25, 0.3) is 0 Å². The van der Waals surface area contributed by atoms with Crippen molar-refractivity contribution in [3.05, 3.63) is 65.7 Å². The molecule has 1 aliphatic heterocycles. The van der Waals surface area contributed by atoms with Gasteiger partial charge in [-0.15, -0.1) is 11.8 Å². The van der Waals surface area contributed by atoms with Gasteiger partial charge >= 0.3 is 0 Å². The van der Waals surface area contributed by atoms with Gasteiger partial charge < -0.3 is 15.5 Å². The minimum Gasteiger partial charge on any atom is -0.357 e. The molecule has 0 saturated carbocycles. The Morgan fingerprint density at radius 1 is 1.13 bits per heavy atom. The summed E-state index contributed by atoms with van der Waals surface area (Å²) in [6, 6.07) is 18.9. The minimum atomic E-state index is 0.263. The molecule has 5 nitrogen and oxygen atoms in total. The molecule has 1 unspecified atom stereocenters. The largest absolute Gasteiger partial charge is 0.357 e. The predicted molar refractivity (Wildman–Crippen MR) is 126 cm³/mol. The van der Waals surface area contributed by atoms with Crippen LogP contribution in [0.2, 0.25) is 0 Å². The van der Waals surface area contributed by atoms with Crippen LogP contribution in [0.15, 0.2) is 64.5 Å². The number of hydrogen-bond acceptors (Lipinski definition) is 3. The topological polar surface area (TPSA) is 56.7 Å². The fraction of sp³-hybridized carbons (Fsp3) is 0.417. The van der Waals surface area contributed by atoms with Gasteiger partial charge in [0.2, 0.25) is 5.91 Å². The van der Waals surface area contributed by atoms with Crippen LogP contribution < -0.4 is 10.6 Å². The summed E-state index contributed by atoms with van der Waals surface area (Å²) in [4.78, 5) is 19.9. The highest BCUT2D eigenvalue weighted by molar-refractivity contribution is 8.00. The Kier molecular flexibility index (Phi) is 8.63. The highest BCUT2D eigenvalue weighted by Crippen LogP contribution is 2.22. The van der Waals surface area contributed by atoms with Crippen molar-refractivity contribution in [2.75, 3.05) is 19.6 Å². The lowest BCUT2D eigenvalue weighted by molar-refractivity contribution is -0.128. The SMILES string of the molecule is CCNC(=NCc1cccc(CN2CCCC2=O)c1)NCC(C)Sc1ccccc1. The van der Waals surface area contributed by atoms with Crippen molar-refractivity contribution in [1.29, 1.82) is 0 Å². The summed E-state index contributed by atoms with van der Waals surface area (Å²) >= 11 is 1.86. The molecular weight excluding hydrogens is 392 g/mol. The van der Waals surface area contributed by atoms with Crippen LogP contribution in [0.5, 0.6) is 0 Å². The van der Waals surface area contributed by atoms with Gasteiger partial charge in [-0.3, -0.25) is 4.79 Å². The van der Waals surface area contributed by atoms with E-state index in [-0.39, 0.29) is 5.91 Å². The number of thioether (sulfide) groups is 1. The number of nitrogens with one attached hydrogen (secondary N) is 2. The van der Waals surface area contributed by atoms with Gasteiger partial charge in [0.05, 0.1) is 6.54 Å². The lowest BCUT2D eigenvalue weighted by atomic mass is 10.1. The van der Waals surface area contributed by atoms with E-state index in [9.17, 15) is 4.79 Å². The molecule has 1 atom stereocenters. The van der Waals surface area contributed by atoms with E-state index >= 15 is 0 Å². The number of carbonyl (C=O) groups excluding carboxylic acids is 1. The number of nitrogens with zero attached hydrogens (tertiary/aromatic N) is 2. The third kappa shape index (κ3) is 7.10. The second-order valence-corrected chi connectivity index (χ2v) is 9.07. The standard InChI is InChI=1S/C24H32N4OS/c1-3-25-24(26-16-19(2)30-22-11-5-4-6-12-22)27-17-20-9-7-10-21(15-20)18-28-14-8-13-23(28)29/h4-7,9-12,15,19H,3,8,13-14,16-18H2,1-2H3,(H2,25,26,27). The number of benzene rings is 2. The molecule has 1 fully saturated rings. The van der Waals surface area contributed by atoms with Gasteiger partial charge in [-0.2, -0.15) is 0 Å². The molecule has 3 rings (SSSR count). The average molecular weight is 425 g/mol. The maximum Gasteiger partial charge on any atom is 0.222 e. The molecule has 30 heavy (non-hydrogen) atoms. The van der Waals surface area contributed by atoms with E-state index in [1.54, 1.807) is 0 Å². The lowest BCUT2D eigenvalue weighted by Gasteiger charge is -2.17.